The minimum Gasteiger partial charge on any atom is -0.391 e. The molecule has 0 rings (SSSR count). The van der Waals surface area contributed by atoms with Gasteiger partial charge in [0.1, 0.15) is 0 Å². The number of nitrogens with one attached hydrogen (secondary N) is 1. The SMILES string of the molecule is CCCCCCC/C=C\C/C=C\C/C=C\CCCCCCCCC(=O)NC(COP(=O)(O)OCCN)C(O)CCCCCCCCCCCCCCCCC. The Labute approximate surface area is 340 Å². The van der Waals surface area contributed by atoms with Crippen molar-refractivity contribution in [1.82, 2.24) is 5.32 Å². The Balaban J connectivity index is 4.15. The molecule has 0 aromatic heterocycles. The Morgan fingerprint density at radius 2 is 1.00 bits per heavy atom. The number of phosphoric acid groups is 1. The fraction of sp³-hybridized carbons (Fsp3) is 0.848. The highest BCUT2D eigenvalue weighted by Crippen LogP contribution is 2.43. The third kappa shape index (κ3) is 40.7. The van der Waals surface area contributed by atoms with Crippen LogP contribution in [-0.2, 0) is 18.4 Å². The van der Waals surface area contributed by atoms with E-state index in [0.717, 1.165) is 64.2 Å². The average molecular weight is 797 g/mol. The fourth-order valence-electron chi connectivity index (χ4n) is 6.73. The predicted molar refractivity (Wildman–Crippen MR) is 235 cm³/mol. The Hall–Kier alpha value is -1.28. The van der Waals surface area contributed by atoms with Crippen LogP contribution in [0.1, 0.15) is 219 Å². The summed E-state index contributed by atoms with van der Waals surface area (Å²) < 4.78 is 22.2. The number of carbonyl (C=O) groups is 1. The Bertz CT molecular complexity index is 959. The van der Waals surface area contributed by atoms with Gasteiger partial charge in [-0.1, -0.05) is 198 Å². The first-order valence-corrected chi connectivity index (χ1v) is 24.6. The highest BCUT2D eigenvalue weighted by molar-refractivity contribution is 7.47. The van der Waals surface area contributed by atoms with Crippen LogP contribution in [0.15, 0.2) is 36.5 Å². The molecule has 0 heterocycles. The normalized spacial score (nSPS) is 14.3. The van der Waals surface area contributed by atoms with E-state index >= 15 is 0 Å². The van der Waals surface area contributed by atoms with Crippen molar-refractivity contribution in [2.24, 2.45) is 5.73 Å². The molecule has 0 saturated heterocycles. The molecule has 0 aliphatic rings. The van der Waals surface area contributed by atoms with Gasteiger partial charge in [-0.3, -0.25) is 13.8 Å². The molecule has 0 saturated carbocycles. The van der Waals surface area contributed by atoms with Gasteiger partial charge in [-0.05, 0) is 51.4 Å². The summed E-state index contributed by atoms with van der Waals surface area (Å²) in [5.41, 5.74) is 5.38. The predicted octanol–water partition coefficient (Wildman–Crippen LogP) is 13.1. The molecule has 0 aromatic rings. The van der Waals surface area contributed by atoms with E-state index in [9.17, 15) is 19.4 Å². The maximum Gasteiger partial charge on any atom is 0.472 e. The second-order valence-corrected chi connectivity index (χ2v) is 17.1. The van der Waals surface area contributed by atoms with Gasteiger partial charge in [0.15, 0.2) is 0 Å². The van der Waals surface area contributed by atoms with Crippen LogP contribution in [0.3, 0.4) is 0 Å². The number of aliphatic hydroxyl groups excluding tert-OH is 1. The lowest BCUT2D eigenvalue weighted by atomic mass is 10.0. The van der Waals surface area contributed by atoms with Gasteiger partial charge in [0.25, 0.3) is 0 Å². The van der Waals surface area contributed by atoms with E-state index in [0.29, 0.717) is 12.8 Å². The van der Waals surface area contributed by atoms with Crippen molar-refractivity contribution in [1.29, 1.82) is 0 Å². The van der Waals surface area contributed by atoms with Gasteiger partial charge in [-0.15, -0.1) is 0 Å². The zero-order chi connectivity index (χ0) is 40.3. The number of phosphoric ester groups is 1. The van der Waals surface area contributed by atoms with Gasteiger partial charge in [0.05, 0.1) is 25.4 Å². The summed E-state index contributed by atoms with van der Waals surface area (Å²) in [5.74, 6) is -0.173. The summed E-state index contributed by atoms with van der Waals surface area (Å²) in [6.07, 6.45) is 50.1. The zero-order valence-corrected chi connectivity index (χ0v) is 36.8. The minimum atomic E-state index is -4.32. The van der Waals surface area contributed by atoms with Crippen molar-refractivity contribution in [3.8, 4) is 0 Å². The van der Waals surface area contributed by atoms with E-state index in [2.05, 4.69) is 55.6 Å². The molecule has 3 unspecified atom stereocenters. The van der Waals surface area contributed by atoms with Crippen LogP contribution < -0.4 is 11.1 Å². The summed E-state index contributed by atoms with van der Waals surface area (Å²) in [4.78, 5) is 22.8. The van der Waals surface area contributed by atoms with Crippen molar-refractivity contribution < 1.29 is 28.4 Å². The van der Waals surface area contributed by atoms with E-state index in [1.165, 1.54) is 128 Å². The quantitative estimate of drug-likeness (QED) is 0.0274. The number of nitrogens with two attached hydrogens (primary N) is 1. The standard InChI is InChI=1S/C46H89N2O6P/c1-3-5-7-9-11-13-15-17-19-20-21-22-23-24-26-28-30-32-34-36-38-40-46(50)48-44(43-54-55(51,52)53-42-41-47)45(49)39-37-35-33-31-29-27-25-18-16-14-12-10-8-6-4-2/h15,17,20-21,23-24,44-45,49H,3-14,16,18-19,22,25-43,47H2,1-2H3,(H,48,50)(H,51,52)/b17-15-,21-20-,24-23-. The topological polar surface area (TPSA) is 131 Å². The maximum absolute atomic E-state index is 12.8. The minimum absolute atomic E-state index is 0.0859. The van der Waals surface area contributed by atoms with Crippen molar-refractivity contribution in [2.45, 2.75) is 231 Å². The molecule has 0 aromatic carbocycles. The van der Waals surface area contributed by atoms with Crippen LogP contribution in [0.5, 0.6) is 0 Å². The largest absolute Gasteiger partial charge is 0.472 e. The summed E-state index contributed by atoms with van der Waals surface area (Å²) in [7, 11) is -4.32. The van der Waals surface area contributed by atoms with Crippen LogP contribution in [-0.4, -0.2) is 47.8 Å². The molecule has 0 aliphatic carbocycles. The van der Waals surface area contributed by atoms with E-state index in [1.54, 1.807) is 0 Å². The zero-order valence-electron chi connectivity index (χ0n) is 35.9. The molecule has 0 radical (unpaired) electrons. The number of carbonyl (C=O) groups excluding carboxylic acids is 1. The number of unbranched alkanes of at least 4 members (excludes halogenated alkanes) is 25. The number of hydrogen-bond acceptors (Lipinski definition) is 6. The highest BCUT2D eigenvalue weighted by atomic mass is 31.2. The first-order valence-electron chi connectivity index (χ1n) is 23.1. The second kappa shape index (κ2) is 42.3. The second-order valence-electron chi connectivity index (χ2n) is 15.6. The molecule has 0 bridgehead atoms. The van der Waals surface area contributed by atoms with Crippen molar-refractivity contribution >= 4 is 13.7 Å². The van der Waals surface area contributed by atoms with Crippen molar-refractivity contribution in [3.63, 3.8) is 0 Å². The van der Waals surface area contributed by atoms with Gasteiger partial charge < -0.3 is 21.1 Å². The molecule has 1 amide bonds. The molecule has 0 spiro atoms. The molecular weight excluding hydrogens is 707 g/mol. The van der Waals surface area contributed by atoms with Gasteiger partial charge in [-0.2, -0.15) is 0 Å². The molecule has 8 nitrogen and oxygen atoms in total. The molecule has 5 N–H and O–H groups in total. The number of hydrogen-bond donors (Lipinski definition) is 4. The third-order valence-electron chi connectivity index (χ3n) is 10.2. The van der Waals surface area contributed by atoms with Crippen molar-refractivity contribution in [3.05, 3.63) is 36.5 Å². The number of allylic oxidation sites excluding steroid dienone is 6. The Kier molecular flexibility index (Phi) is 41.3. The maximum atomic E-state index is 12.8. The van der Waals surface area contributed by atoms with Gasteiger partial charge in [0, 0.05) is 13.0 Å². The summed E-state index contributed by atoms with van der Waals surface area (Å²) in [6, 6.07) is -0.781. The summed E-state index contributed by atoms with van der Waals surface area (Å²) >= 11 is 0. The van der Waals surface area contributed by atoms with Gasteiger partial charge in [-0.25, -0.2) is 4.57 Å². The molecule has 55 heavy (non-hydrogen) atoms. The number of amides is 1. The molecule has 0 fully saturated rings. The van der Waals surface area contributed by atoms with E-state index in [-0.39, 0.29) is 25.7 Å². The van der Waals surface area contributed by atoms with E-state index in [4.69, 9.17) is 14.8 Å². The highest BCUT2D eigenvalue weighted by Gasteiger charge is 2.27. The van der Waals surface area contributed by atoms with Crippen LogP contribution >= 0.6 is 7.82 Å². The first kappa shape index (κ1) is 53.7. The van der Waals surface area contributed by atoms with Crippen LogP contribution in [0.25, 0.3) is 0 Å². The van der Waals surface area contributed by atoms with Crippen LogP contribution in [0.4, 0.5) is 0 Å². The Morgan fingerprint density at radius 1 is 0.600 bits per heavy atom. The van der Waals surface area contributed by atoms with Gasteiger partial charge in [0.2, 0.25) is 5.91 Å². The van der Waals surface area contributed by atoms with Crippen molar-refractivity contribution in [2.75, 3.05) is 19.8 Å². The lowest BCUT2D eigenvalue weighted by Gasteiger charge is -2.25. The van der Waals surface area contributed by atoms with E-state index < -0.39 is 20.0 Å². The van der Waals surface area contributed by atoms with Crippen LogP contribution in [0.2, 0.25) is 0 Å². The summed E-state index contributed by atoms with van der Waals surface area (Å²) in [5, 5.41) is 13.8. The van der Waals surface area contributed by atoms with Crippen LogP contribution in [0, 0.1) is 0 Å². The average Bonchev–Trinajstić information content (AvgIpc) is 3.17. The van der Waals surface area contributed by atoms with E-state index in [1.807, 2.05) is 0 Å². The monoisotopic (exact) mass is 797 g/mol. The molecule has 9 heteroatoms. The first-order chi connectivity index (χ1) is 26.9. The number of rotatable bonds is 43. The lowest BCUT2D eigenvalue weighted by Crippen LogP contribution is -2.46. The fourth-order valence-corrected chi connectivity index (χ4v) is 7.49. The molecular formula is C46H89N2O6P. The smallest absolute Gasteiger partial charge is 0.391 e. The molecule has 0 aliphatic heterocycles. The molecule has 324 valence electrons. The third-order valence-corrected chi connectivity index (χ3v) is 11.2. The summed E-state index contributed by atoms with van der Waals surface area (Å²) in [6.45, 7) is 4.19. The Morgan fingerprint density at radius 3 is 1.45 bits per heavy atom. The molecule has 3 atom stereocenters. The lowest BCUT2D eigenvalue weighted by molar-refractivity contribution is -0.123. The van der Waals surface area contributed by atoms with Gasteiger partial charge >= 0.3 is 7.82 Å². The number of aliphatic hydroxyl groups is 1.